The lowest BCUT2D eigenvalue weighted by atomic mass is 10.1. The Hall–Kier alpha value is -1.11. The van der Waals surface area contributed by atoms with E-state index in [0.29, 0.717) is 37.9 Å². The number of halogens is 4. The molecule has 0 amide bonds. The highest BCUT2D eigenvalue weighted by Gasteiger charge is 2.27. The van der Waals surface area contributed by atoms with Gasteiger partial charge in [-0.15, -0.1) is 24.0 Å². The van der Waals surface area contributed by atoms with Gasteiger partial charge in [-0.1, -0.05) is 24.3 Å². The molecule has 0 saturated carbocycles. The van der Waals surface area contributed by atoms with Crippen molar-refractivity contribution in [2.24, 2.45) is 4.99 Å². The first-order valence-corrected chi connectivity index (χ1v) is 9.18. The standard InChI is InChI=1S/C19H30F3N3O3.HI/c1-23-18(24-9-3-4-10-27-12-11-26-2)25-13-16-5-7-17(8-6-16)14-28-15-19(20,21)22;/h5-8H,3-4,9-15H2,1-2H3,(H2,23,24,25);1H. The molecule has 1 aromatic rings. The van der Waals surface area contributed by atoms with Gasteiger partial charge in [0.25, 0.3) is 0 Å². The average molecular weight is 533 g/mol. The van der Waals surface area contributed by atoms with E-state index in [-0.39, 0.29) is 30.6 Å². The maximum Gasteiger partial charge on any atom is 0.411 e. The van der Waals surface area contributed by atoms with Gasteiger partial charge in [-0.25, -0.2) is 0 Å². The first-order chi connectivity index (χ1) is 13.4. The summed E-state index contributed by atoms with van der Waals surface area (Å²) >= 11 is 0. The molecule has 0 bridgehead atoms. The molecule has 0 atom stereocenters. The van der Waals surface area contributed by atoms with Crippen LogP contribution in [0.1, 0.15) is 24.0 Å². The van der Waals surface area contributed by atoms with Crippen LogP contribution in [0.25, 0.3) is 0 Å². The molecule has 0 fully saturated rings. The monoisotopic (exact) mass is 533 g/mol. The molecule has 0 aliphatic heterocycles. The molecule has 1 aromatic carbocycles. The number of nitrogens with one attached hydrogen (secondary N) is 2. The van der Waals surface area contributed by atoms with Crippen LogP contribution < -0.4 is 10.6 Å². The van der Waals surface area contributed by atoms with Crippen molar-refractivity contribution in [3.8, 4) is 0 Å². The molecule has 0 aliphatic rings. The van der Waals surface area contributed by atoms with E-state index in [2.05, 4.69) is 20.4 Å². The van der Waals surface area contributed by atoms with Crippen LogP contribution in [0.3, 0.4) is 0 Å². The minimum Gasteiger partial charge on any atom is -0.382 e. The number of hydrogen-bond donors (Lipinski definition) is 2. The van der Waals surface area contributed by atoms with E-state index in [0.717, 1.165) is 24.9 Å². The summed E-state index contributed by atoms with van der Waals surface area (Å²) in [6, 6.07) is 7.22. The zero-order chi connectivity index (χ0) is 20.7. The van der Waals surface area contributed by atoms with Crippen molar-refractivity contribution in [2.45, 2.75) is 32.2 Å². The maximum atomic E-state index is 12.1. The summed E-state index contributed by atoms with van der Waals surface area (Å²) in [5, 5.41) is 6.43. The number of benzene rings is 1. The van der Waals surface area contributed by atoms with Gasteiger partial charge in [0.2, 0.25) is 0 Å². The number of nitrogens with zero attached hydrogens (tertiary/aromatic N) is 1. The third-order valence-electron chi connectivity index (χ3n) is 3.68. The van der Waals surface area contributed by atoms with Crippen molar-refractivity contribution < 1.29 is 27.4 Å². The van der Waals surface area contributed by atoms with Crippen molar-refractivity contribution in [2.75, 3.05) is 47.1 Å². The fourth-order valence-electron chi connectivity index (χ4n) is 2.22. The van der Waals surface area contributed by atoms with Crippen molar-refractivity contribution in [1.29, 1.82) is 0 Å². The molecule has 10 heteroatoms. The second kappa shape index (κ2) is 16.7. The quantitative estimate of drug-likeness (QED) is 0.176. The van der Waals surface area contributed by atoms with Crippen molar-refractivity contribution in [1.82, 2.24) is 10.6 Å². The van der Waals surface area contributed by atoms with Gasteiger partial charge < -0.3 is 24.8 Å². The molecule has 0 radical (unpaired) electrons. The minimum atomic E-state index is -4.30. The van der Waals surface area contributed by atoms with Crippen molar-refractivity contribution >= 4 is 29.9 Å². The normalized spacial score (nSPS) is 11.8. The van der Waals surface area contributed by atoms with E-state index in [1.54, 1.807) is 26.3 Å². The third kappa shape index (κ3) is 15.4. The van der Waals surface area contributed by atoms with Crippen molar-refractivity contribution in [3.05, 3.63) is 35.4 Å². The van der Waals surface area contributed by atoms with Gasteiger partial charge in [0, 0.05) is 33.9 Å². The Bertz CT molecular complexity index is 558. The van der Waals surface area contributed by atoms with E-state index in [1.165, 1.54) is 0 Å². The minimum absolute atomic E-state index is 0. The lowest BCUT2D eigenvalue weighted by molar-refractivity contribution is -0.176. The van der Waals surface area contributed by atoms with Crippen LogP contribution in [-0.4, -0.2) is 59.3 Å². The van der Waals surface area contributed by atoms with Gasteiger partial charge in [0.1, 0.15) is 6.61 Å². The SMILES string of the molecule is CN=C(NCCCCOCCOC)NCc1ccc(COCC(F)(F)F)cc1.I. The van der Waals surface area contributed by atoms with Crippen LogP contribution in [0.2, 0.25) is 0 Å². The lowest BCUT2D eigenvalue weighted by Crippen LogP contribution is -2.37. The summed E-state index contributed by atoms with van der Waals surface area (Å²) in [5.41, 5.74) is 1.69. The van der Waals surface area contributed by atoms with Gasteiger partial charge in [0.15, 0.2) is 5.96 Å². The maximum absolute atomic E-state index is 12.1. The summed E-state index contributed by atoms with van der Waals surface area (Å²) in [5.74, 6) is 0.692. The highest BCUT2D eigenvalue weighted by Crippen LogP contribution is 2.15. The van der Waals surface area contributed by atoms with Crippen LogP contribution in [0.4, 0.5) is 13.2 Å². The molecule has 2 N–H and O–H groups in total. The summed E-state index contributed by atoms with van der Waals surface area (Å²) in [4.78, 5) is 4.16. The smallest absolute Gasteiger partial charge is 0.382 e. The van der Waals surface area contributed by atoms with Crippen LogP contribution >= 0.6 is 24.0 Å². The number of methoxy groups -OCH3 is 1. The largest absolute Gasteiger partial charge is 0.411 e. The molecule has 0 aromatic heterocycles. The van der Waals surface area contributed by atoms with Crippen LogP contribution in [0.5, 0.6) is 0 Å². The summed E-state index contributed by atoms with van der Waals surface area (Å²) in [6.07, 6.45) is -2.39. The van der Waals surface area contributed by atoms with E-state index >= 15 is 0 Å². The zero-order valence-electron chi connectivity index (χ0n) is 16.9. The molecule has 6 nitrogen and oxygen atoms in total. The third-order valence-corrected chi connectivity index (χ3v) is 3.68. The predicted octanol–water partition coefficient (Wildman–Crippen LogP) is 3.49. The van der Waals surface area contributed by atoms with Crippen molar-refractivity contribution in [3.63, 3.8) is 0 Å². The Morgan fingerprint density at radius 2 is 1.66 bits per heavy atom. The van der Waals surface area contributed by atoms with Gasteiger partial charge in [-0.3, -0.25) is 4.99 Å². The number of aliphatic imine (C=N–C) groups is 1. The molecule has 0 heterocycles. The predicted molar refractivity (Wildman–Crippen MR) is 118 cm³/mol. The molecule has 0 spiro atoms. The lowest BCUT2D eigenvalue weighted by Gasteiger charge is -2.12. The van der Waals surface area contributed by atoms with Crippen LogP contribution in [0, 0.1) is 0 Å². The van der Waals surface area contributed by atoms with Crippen LogP contribution in [-0.2, 0) is 27.4 Å². The van der Waals surface area contributed by atoms with E-state index in [4.69, 9.17) is 9.47 Å². The molecule has 1 rings (SSSR count). The Morgan fingerprint density at radius 1 is 0.966 bits per heavy atom. The number of alkyl halides is 3. The second-order valence-electron chi connectivity index (χ2n) is 6.09. The van der Waals surface area contributed by atoms with E-state index < -0.39 is 12.8 Å². The van der Waals surface area contributed by atoms with Gasteiger partial charge in [-0.2, -0.15) is 13.2 Å². The highest BCUT2D eigenvalue weighted by molar-refractivity contribution is 14.0. The fourth-order valence-corrected chi connectivity index (χ4v) is 2.22. The number of rotatable bonds is 13. The molecule has 168 valence electrons. The van der Waals surface area contributed by atoms with E-state index in [9.17, 15) is 13.2 Å². The fraction of sp³-hybridized carbons (Fsp3) is 0.632. The average Bonchev–Trinajstić information content (AvgIpc) is 2.66. The van der Waals surface area contributed by atoms with E-state index in [1.807, 2.05) is 12.1 Å². The Balaban J connectivity index is 0.00000784. The second-order valence-corrected chi connectivity index (χ2v) is 6.09. The first-order valence-electron chi connectivity index (χ1n) is 9.18. The number of ether oxygens (including phenoxy) is 3. The highest BCUT2D eigenvalue weighted by atomic mass is 127. The number of guanidine groups is 1. The number of unbranched alkanes of at least 4 members (excludes halogenated alkanes) is 1. The first kappa shape index (κ1) is 27.9. The summed E-state index contributed by atoms with van der Waals surface area (Å²) in [7, 11) is 3.34. The van der Waals surface area contributed by atoms with Gasteiger partial charge >= 0.3 is 6.18 Å². The Morgan fingerprint density at radius 3 is 2.28 bits per heavy atom. The molecule has 0 unspecified atom stereocenters. The molecular weight excluding hydrogens is 502 g/mol. The molecule has 0 saturated heterocycles. The van der Waals surface area contributed by atoms with Crippen LogP contribution in [0.15, 0.2) is 29.3 Å². The Kier molecular flexibility index (Phi) is 16.0. The summed E-state index contributed by atoms with van der Waals surface area (Å²) in [6.45, 7) is 1.96. The Labute approximate surface area is 187 Å². The number of hydrogen-bond acceptors (Lipinski definition) is 4. The van der Waals surface area contributed by atoms with Gasteiger partial charge in [0.05, 0.1) is 19.8 Å². The molecule has 0 aliphatic carbocycles. The summed E-state index contributed by atoms with van der Waals surface area (Å²) < 4.78 is 51.1. The zero-order valence-corrected chi connectivity index (χ0v) is 19.2. The topological polar surface area (TPSA) is 64.1 Å². The molecular formula is C19H31F3IN3O3. The van der Waals surface area contributed by atoms with Gasteiger partial charge in [-0.05, 0) is 24.0 Å². The molecule has 29 heavy (non-hydrogen) atoms.